The molecule has 2 aliphatic rings. The van der Waals surface area contributed by atoms with Gasteiger partial charge in [0.2, 0.25) is 5.91 Å². The molecule has 9 nitrogen and oxygen atoms in total. The molecule has 2 aromatic heterocycles. The normalized spacial score (nSPS) is 15.6. The van der Waals surface area contributed by atoms with E-state index in [4.69, 9.17) is 4.74 Å². The number of carbonyl (C=O) groups is 2. The summed E-state index contributed by atoms with van der Waals surface area (Å²) in [6.45, 7) is 7.38. The predicted octanol–water partition coefficient (Wildman–Crippen LogP) is 5.64. The molecule has 2 aliphatic heterocycles. The summed E-state index contributed by atoms with van der Waals surface area (Å²) >= 11 is 1.59. The summed E-state index contributed by atoms with van der Waals surface area (Å²) in [4.78, 5) is 47.3. The van der Waals surface area contributed by atoms with E-state index in [1.807, 2.05) is 57.2 Å². The fourth-order valence-corrected chi connectivity index (χ4v) is 6.69. The maximum Gasteiger partial charge on any atom is 0.410 e. The maximum atomic E-state index is 13.4. The Morgan fingerprint density at radius 1 is 1.02 bits per heavy atom. The number of hydrogen-bond donors (Lipinski definition) is 2. The van der Waals surface area contributed by atoms with E-state index in [9.17, 15) is 14.4 Å². The van der Waals surface area contributed by atoms with Crippen molar-refractivity contribution in [3.05, 3.63) is 104 Å². The van der Waals surface area contributed by atoms with Gasteiger partial charge in [-0.25, -0.2) is 9.78 Å². The van der Waals surface area contributed by atoms with Crippen LogP contribution in [0.4, 0.5) is 10.6 Å². The van der Waals surface area contributed by atoms with E-state index in [0.717, 1.165) is 37.7 Å². The van der Waals surface area contributed by atoms with Gasteiger partial charge in [0.15, 0.2) is 5.82 Å². The molecule has 0 saturated carbocycles. The number of hydrogen-bond acceptors (Lipinski definition) is 7. The van der Waals surface area contributed by atoms with Crippen LogP contribution in [0.25, 0.3) is 11.1 Å². The first-order valence-corrected chi connectivity index (χ1v) is 15.3. The largest absolute Gasteiger partial charge is 0.444 e. The van der Waals surface area contributed by atoms with E-state index in [1.165, 1.54) is 0 Å². The Labute approximate surface area is 254 Å². The Bertz CT molecular complexity index is 1700. The molecule has 6 rings (SSSR count). The van der Waals surface area contributed by atoms with Gasteiger partial charge in [-0.2, -0.15) is 0 Å². The maximum absolute atomic E-state index is 13.4. The zero-order valence-corrected chi connectivity index (χ0v) is 25.4. The number of aryl methyl sites for hydroxylation is 1. The van der Waals surface area contributed by atoms with Crippen LogP contribution in [-0.2, 0) is 42.1 Å². The Kier molecular flexibility index (Phi) is 7.79. The summed E-state index contributed by atoms with van der Waals surface area (Å²) < 4.78 is 7.07. The summed E-state index contributed by atoms with van der Waals surface area (Å²) in [5.74, 6) is 0.0512. The van der Waals surface area contributed by atoms with E-state index >= 15 is 0 Å². The van der Waals surface area contributed by atoms with E-state index < -0.39 is 11.6 Å². The lowest BCUT2D eigenvalue weighted by Crippen LogP contribution is -2.36. The number of fused-ring (bicyclic) bond motifs is 2. The highest BCUT2D eigenvalue weighted by Crippen LogP contribution is 2.32. The van der Waals surface area contributed by atoms with Crippen molar-refractivity contribution < 1.29 is 14.3 Å². The molecule has 0 aliphatic carbocycles. The molecular formula is C33H35N5O4S. The molecule has 0 unspecified atom stereocenters. The molecule has 10 heteroatoms. The topological polar surface area (TPSA) is 106 Å². The number of ether oxygens (including phenoxy) is 1. The number of thiophene rings is 1. The standard InChI is InChI=1S/C33H35N5O4S/c1-33(2,3)42-32(41)37-19-24-15-26(43-28(24)20-37)18-36-30(39)27-13-12-25-17-35-29(31(40)38(25)27)34-16-21-8-7-11-23(14-21)22-9-5-4-6-10-22/h4-11,14-15,17,27H,12-13,16,18-20H2,1-3H3,(H,34,35)(H,36,39)/t27-/m0/s1. The van der Waals surface area contributed by atoms with Crippen molar-refractivity contribution in [3.8, 4) is 11.1 Å². The molecule has 4 heterocycles. The van der Waals surface area contributed by atoms with E-state index in [-0.39, 0.29) is 23.4 Å². The molecule has 0 saturated heterocycles. The number of rotatable bonds is 7. The van der Waals surface area contributed by atoms with Gasteiger partial charge >= 0.3 is 6.09 Å². The third-order valence-electron chi connectivity index (χ3n) is 7.59. The van der Waals surface area contributed by atoms with Gasteiger partial charge in [-0.3, -0.25) is 19.1 Å². The molecule has 43 heavy (non-hydrogen) atoms. The first-order chi connectivity index (χ1) is 20.6. The summed E-state index contributed by atoms with van der Waals surface area (Å²) in [6.07, 6.45) is 2.54. The number of nitrogens with one attached hydrogen (secondary N) is 2. The van der Waals surface area contributed by atoms with Crippen LogP contribution in [-0.4, -0.2) is 32.1 Å². The van der Waals surface area contributed by atoms with Gasteiger partial charge in [0.25, 0.3) is 5.56 Å². The van der Waals surface area contributed by atoms with Crippen LogP contribution < -0.4 is 16.2 Å². The molecule has 0 radical (unpaired) electrons. The molecule has 222 valence electrons. The molecule has 4 aromatic rings. The molecular weight excluding hydrogens is 562 g/mol. The smallest absolute Gasteiger partial charge is 0.410 e. The zero-order chi connectivity index (χ0) is 30.1. The van der Waals surface area contributed by atoms with Crippen molar-refractivity contribution in [2.24, 2.45) is 0 Å². The quantitative estimate of drug-likeness (QED) is 0.286. The second-order valence-corrected chi connectivity index (χ2v) is 13.2. The summed E-state index contributed by atoms with van der Waals surface area (Å²) in [5, 5.41) is 6.22. The van der Waals surface area contributed by atoms with Crippen molar-refractivity contribution in [2.75, 3.05) is 5.32 Å². The predicted molar refractivity (Wildman–Crippen MR) is 167 cm³/mol. The van der Waals surface area contributed by atoms with Gasteiger partial charge in [-0.05, 0) is 68.0 Å². The van der Waals surface area contributed by atoms with Crippen LogP contribution in [0.3, 0.4) is 0 Å². The lowest BCUT2D eigenvalue weighted by Gasteiger charge is -2.24. The van der Waals surface area contributed by atoms with Crippen molar-refractivity contribution in [1.29, 1.82) is 0 Å². The van der Waals surface area contributed by atoms with Crippen molar-refractivity contribution in [2.45, 2.75) is 71.4 Å². The fraction of sp³-hybridized carbons (Fsp3) is 0.333. The highest BCUT2D eigenvalue weighted by molar-refractivity contribution is 7.12. The van der Waals surface area contributed by atoms with Crippen molar-refractivity contribution in [1.82, 2.24) is 19.8 Å². The first-order valence-electron chi connectivity index (χ1n) is 14.5. The molecule has 2 amide bonds. The van der Waals surface area contributed by atoms with Crippen LogP contribution in [0.5, 0.6) is 0 Å². The van der Waals surface area contributed by atoms with Gasteiger partial charge in [0.1, 0.15) is 11.6 Å². The highest BCUT2D eigenvalue weighted by Gasteiger charge is 2.32. The Balaban J connectivity index is 1.07. The highest BCUT2D eigenvalue weighted by atomic mass is 32.1. The number of benzene rings is 2. The monoisotopic (exact) mass is 597 g/mol. The molecule has 0 fully saturated rings. The van der Waals surface area contributed by atoms with Gasteiger partial charge in [-0.1, -0.05) is 48.5 Å². The zero-order valence-electron chi connectivity index (χ0n) is 24.6. The fourth-order valence-electron chi connectivity index (χ4n) is 5.55. The van der Waals surface area contributed by atoms with Gasteiger partial charge in [0.05, 0.1) is 19.6 Å². The summed E-state index contributed by atoms with van der Waals surface area (Å²) in [7, 11) is 0. The summed E-state index contributed by atoms with van der Waals surface area (Å²) in [6, 6.07) is 19.8. The number of nitrogens with zero attached hydrogens (tertiary/aromatic N) is 3. The number of amides is 2. The van der Waals surface area contributed by atoms with Crippen LogP contribution in [0, 0.1) is 0 Å². The second-order valence-electron chi connectivity index (χ2n) is 12.0. The van der Waals surface area contributed by atoms with E-state index in [1.54, 1.807) is 27.0 Å². The van der Waals surface area contributed by atoms with Crippen molar-refractivity contribution >= 4 is 29.2 Å². The minimum atomic E-state index is -0.582. The van der Waals surface area contributed by atoms with Gasteiger partial charge < -0.3 is 15.4 Å². The van der Waals surface area contributed by atoms with Crippen LogP contribution in [0.2, 0.25) is 0 Å². The van der Waals surface area contributed by atoms with Gasteiger partial charge in [-0.15, -0.1) is 11.3 Å². The lowest BCUT2D eigenvalue weighted by atomic mass is 10.0. The van der Waals surface area contributed by atoms with Gasteiger partial charge in [0, 0.05) is 28.2 Å². The summed E-state index contributed by atoms with van der Waals surface area (Å²) in [5.41, 5.74) is 4.28. The average molecular weight is 598 g/mol. The van der Waals surface area contributed by atoms with Crippen molar-refractivity contribution in [3.63, 3.8) is 0 Å². The molecule has 1 atom stereocenters. The Morgan fingerprint density at radius 3 is 2.58 bits per heavy atom. The molecule has 0 spiro atoms. The third-order valence-corrected chi connectivity index (χ3v) is 8.75. The number of aromatic nitrogens is 2. The third kappa shape index (κ3) is 6.34. The molecule has 2 aromatic carbocycles. The van der Waals surface area contributed by atoms with E-state index in [2.05, 4.69) is 39.9 Å². The molecule has 2 N–H and O–H groups in total. The first kappa shape index (κ1) is 28.7. The minimum absolute atomic E-state index is 0.183. The number of carbonyl (C=O) groups excluding carboxylic acids is 2. The van der Waals surface area contributed by atoms with Crippen LogP contribution in [0.1, 0.15) is 59.8 Å². The number of anilines is 1. The molecule has 0 bridgehead atoms. The lowest BCUT2D eigenvalue weighted by molar-refractivity contribution is -0.124. The van der Waals surface area contributed by atoms with E-state index in [0.29, 0.717) is 39.0 Å². The average Bonchev–Trinajstić information content (AvgIpc) is 3.69. The minimum Gasteiger partial charge on any atom is -0.444 e. The SMILES string of the molecule is CC(C)(C)OC(=O)N1Cc2cc(CNC(=O)[C@@H]3CCc4cnc(NCc5cccc(-c6ccccc6)c5)c(=O)n43)sc2C1. The Morgan fingerprint density at radius 2 is 1.81 bits per heavy atom. The van der Waals surface area contributed by atoms with Crippen LogP contribution in [0.15, 0.2) is 71.7 Å². The van der Waals surface area contributed by atoms with Crippen LogP contribution >= 0.6 is 11.3 Å². The Hall–Kier alpha value is -4.44. The second kappa shape index (κ2) is 11.7.